The van der Waals surface area contributed by atoms with Crippen LogP contribution in [0.25, 0.3) is 0 Å². The van der Waals surface area contributed by atoms with Gasteiger partial charge >= 0.3 is 0 Å². The first kappa shape index (κ1) is 15.8. The third-order valence-corrected chi connectivity index (χ3v) is 2.98. The lowest BCUT2D eigenvalue weighted by Crippen LogP contribution is -2.30. The van der Waals surface area contributed by atoms with Crippen LogP contribution >= 0.6 is 12.6 Å². The maximum Gasteiger partial charge on any atom is 0.0635 e. The predicted molar refractivity (Wildman–Crippen MR) is 73.8 cm³/mol. The number of rotatable bonds is 9. The Bertz CT molecular complexity index is 199. The number of nitriles is 1. The van der Waals surface area contributed by atoms with E-state index in [4.69, 9.17) is 5.26 Å². The maximum atomic E-state index is 8.62. The van der Waals surface area contributed by atoms with Crippen LogP contribution < -0.4 is 0 Å². The van der Waals surface area contributed by atoms with Gasteiger partial charge in [0.15, 0.2) is 0 Å². The van der Waals surface area contributed by atoms with Crippen molar-refractivity contribution in [2.24, 2.45) is 11.8 Å². The van der Waals surface area contributed by atoms with Crippen molar-refractivity contribution in [1.29, 1.82) is 5.26 Å². The smallest absolute Gasteiger partial charge is 0.0635 e. The Morgan fingerprint density at radius 3 is 2.38 bits per heavy atom. The minimum absolute atomic E-state index is 0.646. The molecule has 0 aromatic heterocycles. The molecule has 3 heteroatoms. The van der Waals surface area contributed by atoms with Gasteiger partial charge in [-0.2, -0.15) is 17.9 Å². The Morgan fingerprint density at radius 1 is 1.19 bits per heavy atom. The van der Waals surface area contributed by atoms with Gasteiger partial charge in [-0.25, -0.2) is 0 Å². The lowest BCUT2D eigenvalue weighted by molar-refractivity contribution is 0.232. The van der Waals surface area contributed by atoms with Crippen molar-refractivity contribution in [2.75, 3.05) is 25.4 Å². The van der Waals surface area contributed by atoms with Gasteiger partial charge in [0.25, 0.3) is 0 Å². The SMILES string of the molecule is CC(C)CN(CCC#N)CCC(C)CCS. The Labute approximate surface area is 106 Å². The standard InChI is InChI=1S/C13H26N2S/c1-12(2)11-15(8-4-7-14)9-5-13(3)6-10-16/h12-13,16H,4-6,8-11H2,1-3H3. The molecule has 0 heterocycles. The number of nitrogens with zero attached hydrogens (tertiary/aromatic N) is 2. The summed E-state index contributed by atoms with van der Waals surface area (Å²) in [5, 5.41) is 8.62. The highest BCUT2D eigenvalue weighted by atomic mass is 32.1. The van der Waals surface area contributed by atoms with Crippen molar-refractivity contribution < 1.29 is 0 Å². The monoisotopic (exact) mass is 242 g/mol. The van der Waals surface area contributed by atoms with Crippen molar-refractivity contribution in [1.82, 2.24) is 4.90 Å². The van der Waals surface area contributed by atoms with Gasteiger partial charge in [0.1, 0.15) is 0 Å². The van der Waals surface area contributed by atoms with E-state index in [-0.39, 0.29) is 0 Å². The first-order valence-corrected chi connectivity index (χ1v) is 6.93. The summed E-state index contributed by atoms with van der Waals surface area (Å²) in [7, 11) is 0. The summed E-state index contributed by atoms with van der Waals surface area (Å²) in [6.45, 7) is 9.90. The Morgan fingerprint density at radius 2 is 1.88 bits per heavy atom. The Kier molecular flexibility index (Phi) is 9.86. The minimum Gasteiger partial charge on any atom is -0.302 e. The van der Waals surface area contributed by atoms with Crippen LogP contribution in [0.1, 0.15) is 40.0 Å². The van der Waals surface area contributed by atoms with E-state index in [1.807, 2.05) is 0 Å². The van der Waals surface area contributed by atoms with Gasteiger partial charge in [-0.15, -0.1) is 0 Å². The highest BCUT2D eigenvalue weighted by molar-refractivity contribution is 7.80. The molecular formula is C13H26N2S. The fourth-order valence-corrected chi connectivity index (χ4v) is 2.23. The zero-order valence-electron chi connectivity index (χ0n) is 10.9. The summed E-state index contributed by atoms with van der Waals surface area (Å²) in [5.41, 5.74) is 0. The largest absolute Gasteiger partial charge is 0.302 e. The summed E-state index contributed by atoms with van der Waals surface area (Å²) < 4.78 is 0. The lowest BCUT2D eigenvalue weighted by Gasteiger charge is -2.24. The minimum atomic E-state index is 0.646. The number of hydrogen-bond donors (Lipinski definition) is 1. The van der Waals surface area contributed by atoms with Crippen molar-refractivity contribution in [3.8, 4) is 6.07 Å². The molecule has 0 aromatic rings. The molecule has 2 nitrogen and oxygen atoms in total. The van der Waals surface area contributed by atoms with Gasteiger partial charge in [0.2, 0.25) is 0 Å². The second kappa shape index (κ2) is 9.99. The fraction of sp³-hybridized carbons (Fsp3) is 0.923. The molecule has 0 rings (SSSR count). The summed E-state index contributed by atoms with van der Waals surface area (Å²) in [4.78, 5) is 2.42. The Hall–Kier alpha value is -0.200. The molecule has 0 spiro atoms. The van der Waals surface area contributed by atoms with Crippen LogP contribution in [-0.2, 0) is 0 Å². The van der Waals surface area contributed by atoms with Crippen molar-refractivity contribution in [2.45, 2.75) is 40.0 Å². The van der Waals surface area contributed by atoms with E-state index in [0.29, 0.717) is 12.3 Å². The lowest BCUT2D eigenvalue weighted by atomic mass is 10.0. The van der Waals surface area contributed by atoms with Crippen LogP contribution in [0, 0.1) is 23.2 Å². The topological polar surface area (TPSA) is 27.0 Å². The van der Waals surface area contributed by atoms with Crippen LogP contribution in [0.4, 0.5) is 0 Å². The molecule has 0 aromatic carbocycles. The molecule has 0 N–H and O–H groups in total. The van der Waals surface area contributed by atoms with E-state index in [0.717, 1.165) is 31.3 Å². The molecule has 94 valence electrons. The summed E-state index contributed by atoms with van der Waals surface area (Å²) in [6, 6.07) is 2.23. The van der Waals surface area contributed by atoms with E-state index in [1.165, 1.54) is 12.8 Å². The third-order valence-electron chi connectivity index (χ3n) is 2.72. The molecule has 0 radical (unpaired) electrons. The van der Waals surface area contributed by atoms with E-state index >= 15 is 0 Å². The zero-order chi connectivity index (χ0) is 12.4. The van der Waals surface area contributed by atoms with Crippen molar-refractivity contribution >= 4 is 12.6 Å². The molecule has 0 aliphatic heterocycles. The average Bonchev–Trinajstić information content (AvgIpc) is 2.22. The summed E-state index contributed by atoms with van der Waals surface area (Å²) in [5.74, 6) is 2.40. The molecule has 16 heavy (non-hydrogen) atoms. The van der Waals surface area contributed by atoms with Crippen LogP contribution in [0.15, 0.2) is 0 Å². The van der Waals surface area contributed by atoms with Gasteiger partial charge in [0, 0.05) is 19.5 Å². The van der Waals surface area contributed by atoms with Gasteiger partial charge in [-0.1, -0.05) is 20.8 Å². The molecule has 0 fully saturated rings. The van der Waals surface area contributed by atoms with Crippen LogP contribution in [0.3, 0.4) is 0 Å². The summed E-state index contributed by atoms with van der Waals surface area (Å²) >= 11 is 4.26. The van der Waals surface area contributed by atoms with Crippen LogP contribution in [-0.4, -0.2) is 30.3 Å². The molecule has 0 amide bonds. The quantitative estimate of drug-likeness (QED) is 0.629. The molecule has 0 bridgehead atoms. The van der Waals surface area contributed by atoms with Gasteiger partial charge in [-0.05, 0) is 37.0 Å². The fourth-order valence-electron chi connectivity index (χ4n) is 1.79. The van der Waals surface area contributed by atoms with Crippen molar-refractivity contribution in [3.05, 3.63) is 0 Å². The molecular weight excluding hydrogens is 216 g/mol. The molecule has 0 aliphatic carbocycles. The van der Waals surface area contributed by atoms with Gasteiger partial charge < -0.3 is 4.90 Å². The summed E-state index contributed by atoms with van der Waals surface area (Å²) in [6.07, 6.45) is 3.06. The second-order valence-electron chi connectivity index (χ2n) is 5.01. The molecule has 0 saturated heterocycles. The third kappa shape index (κ3) is 9.06. The number of hydrogen-bond acceptors (Lipinski definition) is 3. The number of thiol groups is 1. The van der Waals surface area contributed by atoms with Crippen molar-refractivity contribution in [3.63, 3.8) is 0 Å². The average molecular weight is 242 g/mol. The van der Waals surface area contributed by atoms with Crippen LogP contribution in [0.5, 0.6) is 0 Å². The normalized spacial score (nSPS) is 13.1. The maximum absolute atomic E-state index is 8.62. The van der Waals surface area contributed by atoms with Crippen LogP contribution in [0.2, 0.25) is 0 Å². The first-order chi connectivity index (χ1) is 7.60. The van der Waals surface area contributed by atoms with Gasteiger partial charge in [0.05, 0.1) is 6.07 Å². The molecule has 0 saturated carbocycles. The molecule has 1 unspecified atom stereocenters. The highest BCUT2D eigenvalue weighted by Crippen LogP contribution is 2.10. The molecule has 0 aliphatic rings. The van der Waals surface area contributed by atoms with E-state index in [9.17, 15) is 0 Å². The van der Waals surface area contributed by atoms with Gasteiger partial charge in [-0.3, -0.25) is 0 Å². The molecule has 1 atom stereocenters. The Balaban J connectivity index is 3.86. The van der Waals surface area contributed by atoms with E-state index < -0.39 is 0 Å². The van der Waals surface area contributed by atoms with E-state index in [2.05, 4.69) is 44.4 Å². The second-order valence-corrected chi connectivity index (χ2v) is 5.46. The highest BCUT2D eigenvalue weighted by Gasteiger charge is 2.09. The predicted octanol–water partition coefficient (Wildman–Crippen LogP) is 3.20. The van der Waals surface area contributed by atoms with E-state index in [1.54, 1.807) is 0 Å². The zero-order valence-corrected chi connectivity index (χ0v) is 11.8. The first-order valence-electron chi connectivity index (χ1n) is 6.30.